The summed E-state index contributed by atoms with van der Waals surface area (Å²) in [5.41, 5.74) is 6.73. The number of carbonyl (C=O) groups is 1. The summed E-state index contributed by atoms with van der Waals surface area (Å²) in [7, 11) is 9.33. The van der Waals surface area contributed by atoms with Gasteiger partial charge in [0.2, 0.25) is 0 Å². The van der Waals surface area contributed by atoms with Gasteiger partial charge in [-0.15, -0.1) is 0 Å². The zero-order valence-electron chi connectivity index (χ0n) is 19.9. The van der Waals surface area contributed by atoms with E-state index in [1.807, 2.05) is 6.08 Å². The molecule has 2 fully saturated rings. The molecule has 3 nitrogen and oxygen atoms in total. The fraction of sp³-hybridized carbons (Fsp3) is 0.593. The highest BCUT2D eigenvalue weighted by Crippen LogP contribution is 2.72. The molecule has 1 N–H and O–H groups in total. The number of fused-ring (bicyclic) bond motifs is 4. The molecule has 0 saturated heterocycles. The molecular weight excluding hydrogens is 412 g/mol. The summed E-state index contributed by atoms with van der Waals surface area (Å²) in [5, 5.41) is 11.2. The normalized spacial score (nSPS) is 37.3. The monoisotopic (exact) mass is 448 g/mol. The fourth-order valence-corrected chi connectivity index (χ4v) is 9.34. The molecule has 5 rings (SSSR count). The molecule has 0 heterocycles. The van der Waals surface area contributed by atoms with Gasteiger partial charge in [-0.1, -0.05) is 24.6 Å². The van der Waals surface area contributed by atoms with Crippen LogP contribution in [0.3, 0.4) is 0 Å². The van der Waals surface area contributed by atoms with E-state index in [1.165, 1.54) is 22.4 Å². The van der Waals surface area contributed by atoms with Crippen molar-refractivity contribution in [2.24, 2.45) is 17.3 Å². The van der Waals surface area contributed by atoms with Gasteiger partial charge >= 0.3 is 7.57 Å². The number of hydrogen-bond donors (Lipinski definition) is 1. The highest BCUT2D eigenvalue weighted by atomic mass is 31.1. The van der Waals surface area contributed by atoms with Crippen LogP contribution in [0.15, 0.2) is 47.1 Å². The lowest BCUT2D eigenvalue weighted by atomic mass is 9.53. The maximum atomic E-state index is 12.2. The first-order valence-corrected chi connectivity index (χ1v) is 14.3. The molecule has 168 valence electrons. The van der Waals surface area contributed by atoms with Crippen molar-refractivity contribution in [3.8, 4) is 0 Å². The molecule has 32 heavy (non-hydrogen) atoms. The Bertz CT molecular complexity index is 997. The van der Waals surface area contributed by atoms with Gasteiger partial charge in [0.1, 0.15) is 0 Å². The summed E-state index contributed by atoms with van der Waals surface area (Å²) >= 11 is 0. The molecule has 6 atom stereocenters. The van der Waals surface area contributed by atoms with Gasteiger partial charge in [0.25, 0.3) is 0 Å². The Labute approximate surface area is 195 Å². The van der Waals surface area contributed by atoms with E-state index in [0.29, 0.717) is 18.3 Å². The van der Waals surface area contributed by atoms with Gasteiger partial charge in [-0.25, -0.2) is 0 Å². The minimum atomic E-state index is -1.35. The Morgan fingerprint density at radius 1 is 1.12 bits per heavy atom. The number of ketones is 1. The van der Waals surface area contributed by atoms with Crippen LogP contribution in [0.2, 0.25) is 0 Å². The average Bonchev–Trinajstić information content (AvgIpc) is 3.04. The van der Waals surface area contributed by atoms with Crippen molar-refractivity contribution in [2.75, 3.05) is 25.7 Å². The van der Waals surface area contributed by atoms with Crippen LogP contribution in [-0.4, -0.2) is 44.6 Å². The Hall–Kier alpha value is -1.38. The van der Waals surface area contributed by atoms with Crippen LogP contribution >= 0.6 is 7.80 Å². The largest absolute Gasteiger partial charge is 0.378 e. The number of nitrogens with zero attached hydrogens (tertiary/aromatic N) is 1. The Kier molecular flexibility index (Phi) is 5.50. The van der Waals surface area contributed by atoms with Gasteiger partial charge in [-0.05, 0) is 86.7 Å². The second-order valence-corrected chi connectivity index (χ2v) is 13.3. The van der Waals surface area contributed by atoms with E-state index in [2.05, 4.69) is 56.8 Å². The van der Waals surface area contributed by atoms with Crippen LogP contribution in [0, 0.1) is 17.3 Å². The first kappa shape index (κ1) is 22.4. The molecule has 4 aliphatic carbocycles. The predicted octanol–water partition coefficient (Wildman–Crippen LogP) is 5.27. The number of hydrogen-bond acceptors (Lipinski definition) is 3. The first-order chi connectivity index (χ1) is 15.2. The molecule has 0 aromatic heterocycles. The molecule has 0 aliphatic heterocycles. The molecule has 2 saturated carbocycles. The maximum Gasteiger partial charge on any atom is 0.365 e. The lowest BCUT2D eigenvalue weighted by Gasteiger charge is -2.54. The van der Waals surface area contributed by atoms with Gasteiger partial charge < -0.3 is 10.0 Å². The number of rotatable bonds is 3. The van der Waals surface area contributed by atoms with Crippen molar-refractivity contribution in [3.63, 3.8) is 0 Å². The first-order valence-electron chi connectivity index (χ1n) is 12.2. The second-order valence-electron chi connectivity index (χ2n) is 11.1. The summed E-state index contributed by atoms with van der Waals surface area (Å²) in [6.45, 7) is 4.42. The summed E-state index contributed by atoms with van der Waals surface area (Å²) in [4.78, 5) is 14.3. The zero-order chi connectivity index (χ0) is 22.8. The lowest BCUT2D eigenvalue weighted by molar-refractivity contribution is -0.114. The number of allylic oxidation sites excluding steroid dienone is 4. The number of aliphatic hydroxyl groups is 1. The van der Waals surface area contributed by atoms with E-state index in [4.69, 9.17) is 7.57 Å². The van der Waals surface area contributed by atoms with Gasteiger partial charge in [-0.3, -0.25) is 4.79 Å². The van der Waals surface area contributed by atoms with Crippen molar-refractivity contribution in [1.82, 2.24) is 0 Å². The highest BCUT2D eigenvalue weighted by molar-refractivity contribution is 7.82. The molecule has 4 aliphatic rings. The van der Waals surface area contributed by atoms with Gasteiger partial charge in [0.05, 0.1) is 0 Å². The van der Waals surface area contributed by atoms with Crippen molar-refractivity contribution in [2.45, 2.75) is 63.1 Å². The van der Waals surface area contributed by atoms with Crippen molar-refractivity contribution < 1.29 is 9.90 Å². The van der Waals surface area contributed by atoms with E-state index in [1.54, 1.807) is 5.57 Å². The van der Waals surface area contributed by atoms with Crippen LogP contribution in [0.4, 0.5) is 5.69 Å². The third-order valence-corrected chi connectivity index (χ3v) is 11.5. The number of anilines is 1. The van der Waals surface area contributed by atoms with E-state index < -0.39 is 13.1 Å². The zero-order valence-corrected chi connectivity index (χ0v) is 20.9. The SMILES string of the molecule is [B][PH+](C)[C@]1(O)CC[C@H]2[C@@H]3CCC4=CC(=O)CCC4=C3[C@@H](c3ccc(N(C)C)cc3)C[C@@]21C. The maximum absolute atomic E-state index is 12.2. The molecule has 1 unspecified atom stereocenters. The van der Waals surface area contributed by atoms with Gasteiger partial charge in [0, 0.05) is 50.6 Å². The van der Waals surface area contributed by atoms with Crippen LogP contribution in [0.1, 0.15) is 63.4 Å². The Morgan fingerprint density at radius 2 is 1.84 bits per heavy atom. The summed E-state index contributed by atoms with van der Waals surface area (Å²) < 4.78 is 0. The Morgan fingerprint density at radius 3 is 2.50 bits per heavy atom. The van der Waals surface area contributed by atoms with Gasteiger partial charge in [-0.2, -0.15) is 0 Å². The van der Waals surface area contributed by atoms with Gasteiger partial charge in [0.15, 0.2) is 11.1 Å². The summed E-state index contributed by atoms with van der Waals surface area (Å²) in [6, 6.07) is 9.00. The molecule has 0 amide bonds. The number of carbonyl (C=O) groups excluding carboxylic acids is 1. The van der Waals surface area contributed by atoms with Crippen LogP contribution in [0.5, 0.6) is 0 Å². The third kappa shape index (κ3) is 3.20. The summed E-state index contributed by atoms with van der Waals surface area (Å²) in [5.74, 6) is 1.54. The minimum Gasteiger partial charge on any atom is -0.378 e. The minimum absolute atomic E-state index is 0.157. The lowest BCUT2D eigenvalue weighted by Crippen LogP contribution is -2.50. The van der Waals surface area contributed by atoms with Crippen molar-refractivity contribution in [1.29, 1.82) is 0 Å². The van der Waals surface area contributed by atoms with E-state index in [9.17, 15) is 9.90 Å². The predicted molar refractivity (Wildman–Crippen MR) is 136 cm³/mol. The second kappa shape index (κ2) is 7.85. The molecule has 2 radical (unpaired) electrons. The molecule has 0 spiro atoms. The third-order valence-electron chi connectivity index (χ3n) is 9.35. The summed E-state index contributed by atoms with van der Waals surface area (Å²) in [6.07, 6.45) is 8.40. The highest BCUT2D eigenvalue weighted by Gasteiger charge is 2.66. The topological polar surface area (TPSA) is 40.5 Å². The Balaban J connectivity index is 1.66. The molecule has 5 heteroatoms. The van der Waals surface area contributed by atoms with E-state index >= 15 is 0 Å². The van der Waals surface area contributed by atoms with E-state index in [0.717, 1.165) is 38.5 Å². The molecule has 1 aromatic carbocycles. The molecular formula is C27H36BNO2P+. The molecule has 0 bridgehead atoms. The molecule has 1 aromatic rings. The standard InChI is InChI=1S/C27H36BNO2P/c1-26-16-23(17-5-8-19(9-6-17)29(2)3)25-21-12-10-20(30)15-18(21)7-11-22(25)24(26)13-14-27(26,31)32(4)28/h5-6,8-9,15,22-24,31-32H,7,10-14,16H2,1-4H3/q+1/t22-,23+,24-,26-,27+/m0/s1. The number of benzene rings is 1. The smallest absolute Gasteiger partial charge is 0.365 e. The van der Waals surface area contributed by atoms with Crippen LogP contribution < -0.4 is 4.90 Å². The van der Waals surface area contributed by atoms with Crippen molar-refractivity contribution >= 4 is 26.8 Å². The fourth-order valence-electron chi connectivity index (χ4n) is 7.62. The van der Waals surface area contributed by atoms with Crippen LogP contribution in [0.25, 0.3) is 0 Å². The quantitative estimate of drug-likeness (QED) is 0.506. The van der Waals surface area contributed by atoms with E-state index in [-0.39, 0.29) is 17.1 Å². The van der Waals surface area contributed by atoms with Crippen LogP contribution in [-0.2, 0) is 4.79 Å². The van der Waals surface area contributed by atoms with Crippen molar-refractivity contribution in [3.05, 3.63) is 52.6 Å². The average molecular weight is 448 g/mol.